The Hall–Kier alpha value is -1.40. The second-order valence-electron chi connectivity index (χ2n) is 8.23. The van der Waals surface area contributed by atoms with Gasteiger partial charge in [0.25, 0.3) is 0 Å². The molecule has 0 N–H and O–H groups in total. The van der Waals surface area contributed by atoms with Crippen LogP contribution in [-0.2, 0) is 16.1 Å². The Kier molecular flexibility index (Phi) is 4.59. The highest BCUT2D eigenvalue weighted by Gasteiger charge is 2.65. The Morgan fingerprint density at radius 3 is 2.54 bits per heavy atom. The molecule has 4 heterocycles. The van der Waals surface area contributed by atoms with Crippen LogP contribution < -0.4 is 0 Å². The molecule has 142 valence electrons. The summed E-state index contributed by atoms with van der Waals surface area (Å²) in [5, 5.41) is 2.13. The van der Waals surface area contributed by atoms with Crippen LogP contribution in [0.1, 0.15) is 38.0 Å². The van der Waals surface area contributed by atoms with Crippen LogP contribution >= 0.6 is 11.3 Å². The third-order valence-electron chi connectivity index (χ3n) is 7.07. The fourth-order valence-corrected chi connectivity index (χ4v) is 6.21. The highest BCUT2D eigenvalue weighted by Crippen LogP contribution is 2.57. The molecular weight excluding hydrogens is 346 g/mol. The van der Waals surface area contributed by atoms with Gasteiger partial charge in [-0.2, -0.15) is 0 Å². The van der Waals surface area contributed by atoms with Crippen LogP contribution in [-0.4, -0.2) is 65.8 Å². The van der Waals surface area contributed by atoms with Crippen molar-refractivity contribution in [1.29, 1.82) is 0 Å². The maximum atomic E-state index is 13.3. The number of likely N-dealkylation sites (tertiary alicyclic amines) is 3. The van der Waals surface area contributed by atoms with Crippen LogP contribution in [0.5, 0.6) is 0 Å². The summed E-state index contributed by atoms with van der Waals surface area (Å²) in [4.78, 5) is 33.3. The lowest BCUT2D eigenvalue weighted by Gasteiger charge is -2.46. The van der Waals surface area contributed by atoms with E-state index in [-0.39, 0.29) is 16.7 Å². The molecule has 0 aromatic carbocycles. The lowest BCUT2D eigenvalue weighted by Crippen LogP contribution is -2.52. The van der Waals surface area contributed by atoms with Gasteiger partial charge in [-0.25, -0.2) is 0 Å². The number of fused-ring (bicyclic) bond motifs is 1. The summed E-state index contributed by atoms with van der Waals surface area (Å²) in [6, 6.07) is 4.31. The van der Waals surface area contributed by atoms with E-state index in [1.165, 1.54) is 4.88 Å². The zero-order chi connectivity index (χ0) is 18.4. The quantitative estimate of drug-likeness (QED) is 0.815. The van der Waals surface area contributed by atoms with Gasteiger partial charge in [-0.15, -0.1) is 11.3 Å². The minimum Gasteiger partial charge on any atom is -0.342 e. The van der Waals surface area contributed by atoms with E-state index in [4.69, 9.17) is 0 Å². The van der Waals surface area contributed by atoms with E-state index in [2.05, 4.69) is 29.3 Å². The van der Waals surface area contributed by atoms with E-state index in [0.717, 1.165) is 58.5 Å². The Labute approximate surface area is 159 Å². The van der Waals surface area contributed by atoms with Crippen LogP contribution in [0.25, 0.3) is 0 Å². The van der Waals surface area contributed by atoms with Gasteiger partial charge in [0.1, 0.15) is 0 Å². The first kappa shape index (κ1) is 18.0. The number of nitrogens with zero attached hydrogens (tertiary/aromatic N) is 3. The Morgan fingerprint density at radius 2 is 1.96 bits per heavy atom. The van der Waals surface area contributed by atoms with E-state index in [1.54, 1.807) is 6.92 Å². The third-order valence-corrected chi connectivity index (χ3v) is 7.94. The van der Waals surface area contributed by atoms with Crippen molar-refractivity contribution in [2.24, 2.45) is 10.8 Å². The second-order valence-corrected chi connectivity index (χ2v) is 9.26. The van der Waals surface area contributed by atoms with Gasteiger partial charge in [0.2, 0.25) is 11.8 Å². The molecule has 0 radical (unpaired) electrons. The number of amides is 2. The Bertz CT molecular complexity index is 681. The number of carbonyl (C=O) groups excluding carboxylic acids is 2. The minimum absolute atomic E-state index is 0.0361. The van der Waals surface area contributed by atoms with Gasteiger partial charge >= 0.3 is 0 Å². The summed E-state index contributed by atoms with van der Waals surface area (Å²) in [6.45, 7) is 9.77. The van der Waals surface area contributed by atoms with Gasteiger partial charge in [-0.1, -0.05) is 6.07 Å². The Balaban J connectivity index is 1.55. The van der Waals surface area contributed by atoms with Gasteiger partial charge in [-0.05, 0) is 50.7 Å². The SMILES string of the molecule is CCN1CCC2(CN(C(C)=O)CC23CCN(Cc2cccs2)CC3)C1=O. The summed E-state index contributed by atoms with van der Waals surface area (Å²) >= 11 is 1.81. The Morgan fingerprint density at radius 1 is 1.19 bits per heavy atom. The number of hydrogen-bond acceptors (Lipinski definition) is 4. The van der Waals surface area contributed by atoms with Crippen molar-refractivity contribution in [1.82, 2.24) is 14.7 Å². The first-order chi connectivity index (χ1) is 12.5. The molecule has 2 spiro atoms. The standard InChI is InChI=1S/C20H29N3O2S/c1-3-22-11-8-20(18(22)25)15-23(16(2)24)14-19(20)6-9-21(10-7-19)13-17-5-4-12-26-17/h4-5,12H,3,6-11,13-15H2,1-2H3. The second kappa shape index (κ2) is 6.64. The molecule has 0 aliphatic carbocycles. The lowest BCUT2D eigenvalue weighted by atomic mass is 9.60. The molecule has 1 aromatic rings. The molecule has 3 fully saturated rings. The van der Waals surface area contributed by atoms with Gasteiger partial charge in [0.15, 0.2) is 0 Å². The topological polar surface area (TPSA) is 43.9 Å². The van der Waals surface area contributed by atoms with Crippen LogP contribution in [0.15, 0.2) is 17.5 Å². The molecule has 3 aliphatic rings. The number of thiophene rings is 1. The smallest absolute Gasteiger partial charge is 0.231 e. The normalized spacial score (nSPS) is 28.6. The molecule has 5 nitrogen and oxygen atoms in total. The molecule has 3 saturated heterocycles. The van der Waals surface area contributed by atoms with E-state index < -0.39 is 0 Å². The fraction of sp³-hybridized carbons (Fsp3) is 0.700. The predicted molar refractivity (Wildman–Crippen MR) is 103 cm³/mol. The molecule has 2 amide bonds. The number of piperidine rings is 1. The van der Waals surface area contributed by atoms with Crippen molar-refractivity contribution in [2.45, 2.75) is 39.7 Å². The van der Waals surface area contributed by atoms with E-state index in [9.17, 15) is 9.59 Å². The third kappa shape index (κ3) is 2.69. The highest BCUT2D eigenvalue weighted by atomic mass is 32.1. The number of hydrogen-bond donors (Lipinski definition) is 0. The molecule has 1 atom stereocenters. The summed E-state index contributed by atoms with van der Waals surface area (Å²) in [6.07, 6.45) is 2.95. The first-order valence-corrected chi connectivity index (χ1v) is 10.7. The fourth-order valence-electron chi connectivity index (χ4n) is 5.46. The maximum absolute atomic E-state index is 13.3. The molecule has 4 rings (SSSR count). The van der Waals surface area contributed by atoms with Gasteiger partial charge < -0.3 is 9.80 Å². The van der Waals surface area contributed by atoms with Crippen molar-refractivity contribution in [3.63, 3.8) is 0 Å². The summed E-state index contributed by atoms with van der Waals surface area (Å²) in [7, 11) is 0. The number of carbonyl (C=O) groups is 2. The summed E-state index contributed by atoms with van der Waals surface area (Å²) in [5.41, 5.74) is -0.380. The monoisotopic (exact) mass is 375 g/mol. The minimum atomic E-state index is -0.344. The molecule has 6 heteroatoms. The molecule has 0 bridgehead atoms. The van der Waals surface area contributed by atoms with E-state index >= 15 is 0 Å². The average Bonchev–Trinajstić information content (AvgIpc) is 3.32. The van der Waals surface area contributed by atoms with E-state index in [0.29, 0.717) is 12.5 Å². The van der Waals surface area contributed by atoms with Crippen LogP contribution in [0, 0.1) is 10.8 Å². The molecule has 1 aromatic heterocycles. The van der Waals surface area contributed by atoms with Crippen LogP contribution in [0.2, 0.25) is 0 Å². The van der Waals surface area contributed by atoms with Crippen molar-refractivity contribution < 1.29 is 9.59 Å². The largest absolute Gasteiger partial charge is 0.342 e. The van der Waals surface area contributed by atoms with E-state index in [1.807, 2.05) is 21.1 Å². The molecule has 26 heavy (non-hydrogen) atoms. The zero-order valence-electron chi connectivity index (χ0n) is 15.9. The molecule has 3 aliphatic heterocycles. The molecular formula is C20H29N3O2S. The summed E-state index contributed by atoms with van der Waals surface area (Å²) in [5.74, 6) is 0.417. The first-order valence-electron chi connectivity index (χ1n) is 9.79. The van der Waals surface area contributed by atoms with Gasteiger partial charge in [-0.3, -0.25) is 14.5 Å². The van der Waals surface area contributed by atoms with Crippen molar-refractivity contribution in [3.8, 4) is 0 Å². The molecule has 0 saturated carbocycles. The van der Waals surface area contributed by atoms with Gasteiger partial charge in [0.05, 0.1) is 5.41 Å². The zero-order valence-corrected chi connectivity index (χ0v) is 16.7. The average molecular weight is 376 g/mol. The van der Waals surface area contributed by atoms with Crippen molar-refractivity contribution in [2.75, 3.05) is 39.3 Å². The van der Waals surface area contributed by atoms with Crippen molar-refractivity contribution >= 4 is 23.2 Å². The van der Waals surface area contributed by atoms with Crippen LogP contribution in [0.3, 0.4) is 0 Å². The number of rotatable bonds is 3. The summed E-state index contributed by atoms with van der Waals surface area (Å²) < 4.78 is 0. The maximum Gasteiger partial charge on any atom is 0.231 e. The van der Waals surface area contributed by atoms with Crippen LogP contribution in [0.4, 0.5) is 0 Å². The predicted octanol–water partition coefficient (Wildman–Crippen LogP) is 2.43. The van der Waals surface area contributed by atoms with Crippen molar-refractivity contribution in [3.05, 3.63) is 22.4 Å². The molecule has 1 unspecified atom stereocenters. The highest BCUT2D eigenvalue weighted by molar-refractivity contribution is 7.09. The lowest BCUT2D eigenvalue weighted by molar-refractivity contribution is -0.142. The van der Waals surface area contributed by atoms with Gasteiger partial charge in [0, 0.05) is 49.9 Å².